The van der Waals surface area contributed by atoms with E-state index < -0.39 is 4.92 Å². The predicted octanol–water partition coefficient (Wildman–Crippen LogP) is 4.13. The standard InChI is InChI=1S/C10H7ClN2O2.C2H6/c1-6-2-3-8-7(4-6)10(11)9(5-12-8)13(14)15;1-2/h2-5H,1H3;1-2H3. The highest BCUT2D eigenvalue weighted by Gasteiger charge is 2.15. The molecule has 0 spiro atoms. The molecule has 17 heavy (non-hydrogen) atoms. The van der Waals surface area contributed by atoms with Crippen LogP contribution in [0.4, 0.5) is 5.69 Å². The Morgan fingerprint density at radius 3 is 2.59 bits per heavy atom. The SMILES string of the molecule is CC.Cc1ccc2ncc([N+](=O)[O-])c(Cl)c2c1. The molecule has 0 radical (unpaired) electrons. The van der Waals surface area contributed by atoms with Gasteiger partial charge in [-0.05, 0) is 19.1 Å². The van der Waals surface area contributed by atoms with Crippen LogP contribution in [0.2, 0.25) is 5.02 Å². The molecule has 4 nitrogen and oxygen atoms in total. The number of benzene rings is 1. The number of pyridine rings is 1. The van der Waals surface area contributed by atoms with Crippen molar-refractivity contribution in [3.05, 3.63) is 45.1 Å². The van der Waals surface area contributed by atoms with Crippen LogP contribution in [-0.2, 0) is 0 Å². The molecule has 2 rings (SSSR count). The Balaban J connectivity index is 0.000000686. The number of nitro groups is 1. The Morgan fingerprint density at radius 2 is 2.00 bits per heavy atom. The number of rotatable bonds is 1. The Kier molecular flexibility index (Phi) is 4.40. The highest BCUT2D eigenvalue weighted by atomic mass is 35.5. The first-order valence-electron chi connectivity index (χ1n) is 5.29. The van der Waals surface area contributed by atoms with Gasteiger partial charge in [0.05, 0.1) is 10.4 Å². The number of fused-ring (bicyclic) bond motifs is 1. The predicted molar refractivity (Wildman–Crippen MR) is 69.5 cm³/mol. The van der Waals surface area contributed by atoms with Crippen LogP contribution in [-0.4, -0.2) is 9.91 Å². The minimum atomic E-state index is -0.531. The third-order valence-electron chi connectivity index (χ3n) is 2.14. The van der Waals surface area contributed by atoms with Crippen molar-refractivity contribution in [3.8, 4) is 0 Å². The monoisotopic (exact) mass is 252 g/mol. The van der Waals surface area contributed by atoms with Crippen LogP contribution in [0.15, 0.2) is 24.4 Å². The van der Waals surface area contributed by atoms with Crippen LogP contribution in [0.1, 0.15) is 19.4 Å². The first-order valence-corrected chi connectivity index (χ1v) is 5.66. The molecule has 2 aromatic rings. The molecule has 0 unspecified atom stereocenters. The van der Waals surface area contributed by atoms with Gasteiger partial charge in [0.2, 0.25) is 0 Å². The van der Waals surface area contributed by atoms with Gasteiger partial charge < -0.3 is 0 Å². The average Bonchev–Trinajstić information content (AvgIpc) is 2.32. The van der Waals surface area contributed by atoms with Crippen LogP contribution >= 0.6 is 11.6 Å². The molecule has 0 amide bonds. The first kappa shape index (κ1) is 13.4. The number of aromatic nitrogens is 1. The van der Waals surface area contributed by atoms with Gasteiger partial charge in [0, 0.05) is 5.39 Å². The van der Waals surface area contributed by atoms with Crippen molar-refractivity contribution in [2.24, 2.45) is 0 Å². The lowest BCUT2D eigenvalue weighted by molar-refractivity contribution is -0.384. The van der Waals surface area contributed by atoms with Gasteiger partial charge in [0.25, 0.3) is 0 Å². The summed E-state index contributed by atoms with van der Waals surface area (Å²) in [5, 5.41) is 11.4. The molecule has 0 saturated heterocycles. The summed E-state index contributed by atoms with van der Waals surface area (Å²) in [6.45, 7) is 5.90. The molecule has 0 aliphatic heterocycles. The molecule has 1 aromatic heterocycles. The zero-order valence-corrected chi connectivity index (χ0v) is 10.7. The maximum atomic E-state index is 10.6. The van der Waals surface area contributed by atoms with Crippen LogP contribution < -0.4 is 0 Å². The maximum Gasteiger partial charge on any atom is 0.306 e. The molecule has 0 N–H and O–H groups in total. The molecule has 0 aliphatic carbocycles. The Morgan fingerprint density at radius 1 is 1.35 bits per heavy atom. The van der Waals surface area contributed by atoms with Crippen molar-refractivity contribution in [1.29, 1.82) is 0 Å². The quantitative estimate of drug-likeness (QED) is 0.566. The summed E-state index contributed by atoms with van der Waals surface area (Å²) in [6.07, 6.45) is 1.18. The Hall–Kier alpha value is -1.68. The minimum absolute atomic E-state index is 0.147. The average molecular weight is 253 g/mol. The van der Waals surface area contributed by atoms with E-state index in [1.165, 1.54) is 6.20 Å². The van der Waals surface area contributed by atoms with Gasteiger partial charge in [0.1, 0.15) is 11.2 Å². The van der Waals surface area contributed by atoms with Gasteiger partial charge in [0.15, 0.2) is 0 Å². The van der Waals surface area contributed by atoms with E-state index in [0.717, 1.165) is 5.56 Å². The molecule has 0 atom stereocenters. The molecule has 1 aromatic carbocycles. The lowest BCUT2D eigenvalue weighted by atomic mass is 10.1. The summed E-state index contributed by atoms with van der Waals surface area (Å²) in [5.74, 6) is 0. The van der Waals surface area contributed by atoms with Crippen molar-refractivity contribution in [2.75, 3.05) is 0 Å². The molecule has 1 heterocycles. The number of hydrogen-bond acceptors (Lipinski definition) is 3. The summed E-state index contributed by atoms with van der Waals surface area (Å²) in [6, 6.07) is 5.47. The summed E-state index contributed by atoms with van der Waals surface area (Å²) in [5.41, 5.74) is 1.50. The van der Waals surface area contributed by atoms with Crippen molar-refractivity contribution in [3.63, 3.8) is 0 Å². The van der Waals surface area contributed by atoms with Crippen LogP contribution in [0.3, 0.4) is 0 Å². The van der Waals surface area contributed by atoms with E-state index in [-0.39, 0.29) is 10.7 Å². The lowest BCUT2D eigenvalue weighted by Crippen LogP contribution is -1.92. The summed E-state index contributed by atoms with van der Waals surface area (Å²) in [4.78, 5) is 14.1. The topological polar surface area (TPSA) is 56.0 Å². The van der Waals surface area contributed by atoms with Crippen LogP contribution in [0.5, 0.6) is 0 Å². The minimum Gasteiger partial charge on any atom is -0.258 e. The fourth-order valence-corrected chi connectivity index (χ4v) is 1.66. The third kappa shape index (κ3) is 2.71. The second kappa shape index (κ2) is 5.59. The Bertz CT molecular complexity index is 555. The largest absolute Gasteiger partial charge is 0.306 e. The molecule has 0 saturated carbocycles. The number of nitrogens with zero attached hydrogens (tertiary/aromatic N) is 2. The Labute approximate surface area is 104 Å². The van der Waals surface area contributed by atoms with E-state index in [0.29, 0.717) is 10.9 Å². The smallest absolute Gasteiger partial charge is 0.258 e. The third-order valence-corrected chi connectivity index (χ3v) is 2.53. The second-order valence-corrected chi connectivity index (χ2v) is 3.61. The summed E-state index contributed by atoms with van der Waals surface area (Å²) in [7, 11) is 0. The summed E-state index contributed by atoms with van der Waals surface area (Å²) >= 11 is 5.93. The molecular formula is C12H13ClN2O2. The molecule has 90 valence electrons. The van der Waals surface area contributed by atoms with E-state index in [4.69, 9.17) is 11.6 Å². The number of aryl methyl sites for hydroxylation is 1. The van der Waals surface area contributed by atoms with Gasteiger partial charge in [-0.2, -0.15) is 0 Å². The first-order chi connectivity index (χ1) is 8.09. The zero-order chi connectivity index (χ0) is 13.0. The van der Waals surface area contributed by atoms with Crippen molar-refractivity contribution >= 4 is 28.2 Å². The zero-order valence-electron chi connectivity index (χ0n) is 9.90. The fraction of sp³-hybridized carbons (Fsp3) is 0.250. The van der Waals surface area contributed by atoms with Gasteiger partial charge in [-0.1, -0.05) is 37.1 Å². The van der Waals surface area contributed by atoms with Crippen molar-refractivity contribution < 1.29 is 4.92 Å². The van der Waals surface area contributed by atoms with E-state index in [2.05, 4.69) is 4.98 Å². The van der Waals surface area contributed by atoms with Crippen molar-refractivity contribution in [1.82, 2.24) is 4.98 Å². The van der Waals surface area contributed by atoms with Crippen molar-refractivity contribution in [2.45, 2.75) is 20.8 Å². The second-order valence-electron chi connectivity index (χ2n) is 3.24. The van der Waals surface area contributed by atoms with Gasteiger partial charge >= 0.3 is 5.69 Å². The molecule has 5 heteroatoms. The molecular weight excluding hydrogens is 240 g/mol. The van der Waals surface area contributed by atoms with E-state index in [1.807, 2.05) is 26.8 Å². The van der Waals surface area contributed by atoms with E-state index in [9.17, 15) is 10.1 Å². The molecule has 0 bridgehead atoms. The normalized spacial score (nSPS) is 9.65. The summed E-state index contributed by atoms with van der Waals surface area (Å²) < 4.78 is 0. The number of halogens is 1. The molecule has 0 fully saturated rings. The van der Waals surface area contributed by atoms with Gasteiger partial charge in [-0.25, -0.2) is 4.98 Å². The van der Waals surface area contributed by atoms with Gasteiger partial charge in [-0.15, -0.1) is 0 Å². The van der Waals surface area contributed by atoms with Crippen LogP contribution in [0, 0.1) is 17.0 Å². The maximum absolute atomic E-state index is 10.6. The highest BCUT2D eigenvalue weighted by molar-refractivity contribution is 6.37. The van der Waals surface area contributed by atoms with Gasteiger partial charge in [-0.3, -0.25) is 10.1 Å². The highest BCUT2D eigenvalue weighted by Crippen LogP contribution is 2.31. The van der Waals surface area contributed by atoms with Crippen LogP contribution in [0.25, 0.3) is 10.9 Å². The fourth-order valence-electron chi connectivity index (χ4n) is 1.39. The molecule has 0 aliphatic rings. The number of hydrogen-bond donors (Lipinski definition) is 0. The van der Waals surface area contributed by atoms with E-state index >= 15 is 0 Å². The van der Waals surface area contributed by atoms with E-state index in [1.54, 1.807) is 12.1 Å². The lowest BCUT2D eigenvalue weighted by Gasteiger charge is -2.01.